The zero-order chi connectivity index (χ0) is 17.2. The van der Waals surface area contributed by atoms with Gasteiger partial charge in [0.1, 0.15) is 0 Å². The van der Waals surface area contributed by atoms with Crippen molar-refractivity contribution in [2.75, 3.05) is 7.11 Å². The van der Waals surface area contributed by atoms with Gasteiger partial charge in [-0.05, 0) is 12.8 Å². The average Bonchev–Trinajstić information content (AvgIpc) is 2.57. The van der Waals surface area contributed by atoms with Crippen LogP contribution in [-0.4, -0.2) is 13.1 Å². The summed E-state index contributed by atoms with van der Waals surface area (Å²) in [6.45, 7) is 4.51. The Morgan fingerprint density at radius 2 is 1.00 bits per heavy atom. The number of hydrogen-bond donors (Lipinski definition) is 0. The van der Waals surface area contributed by atoms with E-state index in [1.807, 2.05) is 0 Å². The molecule has 0 aliphatic heterocycles. The number of carbonyl (C=O) groups excluding carboxylic acids is 1. The molecule has 1 unspecified atom stereocenters. The van der Waals surface area contributed by atoms with Gasteiger partial charge < -0.3 is 4.74 Å². The van der Waals surface area contributed by atoms with Gasteiger partial charge in [0.15, 0.2) is 0 Å². The lowest BCUT2D eigenvalue weighted by Gasteiger charge is -2.14. The summed E-state index contributed by atoms with van der Waals surface area (Å²) in [4.78, 5) is 11.9. The van der Waals surface area contributed by atoms with Gasteiger partial charge in [0.05, 0.1) is 13.0 Å². The molecule has 2 heteroatoms. The average molecular weight is 327 g/mol. The molecular formula is C21H42O2. The van der Waals surface area contributed by atoms with Gasteiger partial charge >= 0.3 is 5.97 Å². The maximum atomic E-state index is 11.9. The summed E-state index contributed by atoms with van der Waals surface area (Å²) < 4.78 is 4.99. The van der Waals surface area contributed by atoms with Crippen molar-refractivity contribution in [1.29, 1.82) is 0 Å². The molecule has 0 bridgehead atoms. The fraction of sp³-hybridized carbons (Fsp3) is 0.952. The molecule has 0 N–H and O–H groups in total. The number of ether oxygens (including phenoxy) is 1. The second kappa shape index (κ2) is 17.8. The molecule has 0 aliphatic carbocycles. The molecule has 0 aromatic rings. The molecule has 0 heterocycles. The summed E-state index contributed by atoms with van der Waals surface area (Å²) in [5, 5.41) is 0. The molecule has 2 nitrogen and oxygen atoms in total. The number of unbranched alkanes of at least 4 members (excludes halogenated alkanes) is 12. The molecule has 0 saturated heterocycles. The fourth-order valence-electron chi connectivity index (χ4n) is 3.24. The molecule has 0 aromatic heterocycles. The van der Waals surface area contributed by atoms with Crippen LogP contribution in [0.25, 0.3) is 0 Å². The Morgan fingerprint density at radius 1 is 0.652 bits per heavy atom. The molecule has 0 radical (unpaired) electrons. The molecule has 0 aliphatic rings. The first-order valence-corrected chi connectivity index (χ1v) is 10.3. The first-order chi connectivity index (χ1) is 11.3. The van der Waals surface area contributed by atoms with Crippen LogP contribution >= 0.6 is 0 Å². The first kappa shape index (κ1) is 22.5. The Bertz CT molecular complexity index is 250. The largest absolute Gasteiger partial charge is 0.469 e. The monoisotopic (exact) mass is 326 g/mol. The lowest BCUT2D eigenvalue weighted by Crippen LogP contribution is -2.16. The Morgan fingerprint density at radius 3 is 1.35 bits per heavy atom. The molecule has 0 amide bonds. The minimum atomic E-state index is 0.0153. The van der Waals surface area contributed by atoms with Crippen molar-refractivity contribution in [2.24, 2.45) is 5.92 Å². The standard InChI is InChI=1S/C21H42O2/c1-4-6-8-10-12-13-15-17-19-20(21(22)23-3)18-16-14-11-9-7-5-2/h20H,4-19H2,1-3H3. The van der Waals surface area contributed by atoms with Crippen LogP contribution in [0.4, 0.5) is 0 Å². The van der Waals surface area contributed by atoms with Crippen LogP contribution in [0.3, 0.4) is 0 Å². The summed E-state index contributed by atoms with van der Waals surface area (Å²) in [6, 6.07) is 0. The lowest BCUT2D eigenvalue weighted by atomic mass is 9.94. The topological polar surface area (TPSA) is 26.3 Å². The number of carbonyl (C=O) groups is 1. The van der Waals surface area contributed by atoms with Crippen molar-refractivity contribution in [3.8, 4) is 0 Å². The zero-order valence-electron chi connectivity index (χ0n) is 16.2. The Labute approximate surface area is 145 Å². The second-order valence-electron chi connectivity index (χ2n) is 7.04. The van der Waals surface area contributed by atoms with Crippen LogP contribution < -0.4 is 0 Å². The van der Waals surface area contributed by atoms with Crippen LogP contribution in [0.5, 0.6) is 0 Å². The summed E-state index contributed by atoms with van der Waals surface area (Å²) >= 11 is 0. The van der Waals surface area contributed by atoms with E-state index in [9.17, 15) is 4.79 Å². The van der Waals surface area contributed by atoms with Crippen LogP contribution in [0.15, 0.2) is 0 Å². The number of hydrogen-bond acceptors (Lipinski definition) is 2. The number of methoxy groups -OCH3 is 1. The smallest absolute Gasteiger partial charge is 0.308 e. The molecule has 0 aromatic carbocycles. The van der Waals surface area contributed by atoms with Gasteiger partial charge in [0.25, 0.3) is 0 Å². The normalized spacial score (nSPS) is 12.3. The summed E-state index contributed by atoms with van der Waals surface area (Å²) in [5.74, 6) is 0.160. The van der Waals surface area contributed by atoms with Gasteiger partial charge in [0, 0.05) is 0 Å². The van der Waals surface area contributed by atoms with Crippen molar-refractivity contribution in [3.05, 3.63) is 0 Å². The molecule has 138 valence electrons. The van der Waals surface area contributed by atoms with Gasteiger partial charge in [-0.15, -0.1) is 0 Å². The van der Waals surface area contributed by atoms with Gasteiger partial charge in [-0.1, -0.05) is 104 Å². The van der Waals surface area contributed by atoms with Crippen molar-refractivity contribution >= 4 is 5.97 Å². The number of esters is 1. The minimum absolute atomic E-state index is 0.0153. The van der Waals surface area contributed by atoms with Crippen molar-refractivity contribution in [2.45, 2.75) is 117 Å². The highest BCUT2D eigenvalue weighted by atomic mass is 16.5. The van der Waals surface area contributed by atoms with Gasteiger partial charge in [-0.2, -0.15) is 0 Å². The molecular weight excluding hydrogens is 284 g/mol. The minimum Gasteiger partial charge on any atom is -0.469 e. The van der Waals surface area contributed by atoms with E-state index in [1.165, 1.54) is 97.0 Å². The maximum absolute atomic E-state index is 11.9. The van der Waals surface area contributed by atoms with E-state index in [1.54, 1.807) is 0 Å². The summed E-state index contributed by atoms with van der Waals surface area (Å²) in [6.07, 6.45) is 20.4. The molecule has 0 saturated carbocycles. The van der Waals surface area contributed by atoms with Crippen molar-refractivity contribution in [1.82, 2.24) is 0 Å². The highest BCUT2D eigenvalue weighted by Gasteiger charge is 2.17. The quantitative estimate of drug-likeness (QED) is 0.211. The summed E-state index contributed by atoms with van der Waals surface area (Å²) in [7, 11) is 1.53. The lowest BCUT2D eigenvalue weighted by molar-refractivity contribution is -0.146. The zero-order valence-corrected chi connectivity index (χ0v) is 16.2. The van der Waals surface area contributed by atoms with E-state index in [0.717, 1.165) is 12.8 Å². The predicted molar refractivity (Wildman–Crippen MR) is 101 cm³/mol. The number of rotatable bonds is 17. The highest BCUT2D eigenvalue weighted by molar-refractivity contribution is 5.72. The van der Waals surface area contributed by atoms with Crippen LogP contribution in [-0.2, 0) is 9.53 Å². The maximum Gasteiger partial charge on any atom is 0.308 e. The molecule has 0 rings (SSSR count). The third kappa shape index (κ3) is 14.8. The van der Waals surface area contributed by atoms with Gasteiger partial charge in [-0.3, -0.25) is 4.79 Å². The Kier molecular flexibility index (Phi) is 17.4. The van der Waals surface area contributed by atoms with Crippen LogP contribution in [0.1, 0.15) is 117 Å². The predicted octanol–water partition coefficient (Wildman–Crippen LogP) is 7.06. The van der Waals surface area contributed by atoms with E-state index in [-0.39, 0.29) is 11.9 Å². The Hall–Kier alpha value is -0.530. The third-order valence-electron chi connectivity index (χ3n) is 4.85. The summed E-state index contributed by atoms with van der Waals surface area (Å²) in [5.41, 5.74) is 0. The van der Waals surface area contributed by atoms with E-state index >= 15 is 0 Å². The Balaban J connectivity index is 3.66. The third-order valence-corrected chi connectivity index (χ3v) is 4.85. The molecule has 23 heavy (non-hydrogen) atoms. The van der Waals surface area contributed by atoms with Crippen molar-refractivity contribution < 1.29 is 9.53 Å². The van der Waals surface area contributed by atoms with Crippen molar-refractivity contribution in [3.63, 3.8) is 0 Å². The fourth-order valence-corrected chi connectivity index (χ4v) is 3.24. The van der Waals surface area contributed by atoms with E-state index < -0.39 is 0 Å². The molecule has 0 spiro atoms. The van der Waals surface area contributed by atoms with Crippen LogP contribution in [0, 0.1) is 5.92 Å². The van der Waals surface area contributed by atoms with Gasteiger partial charge in [0.2, 0.25) is 0 Å². The second-order valence-corrected chi connectivity index (χ2v) is 7.04. The highest BCUT2D eigenvalue weighted by Crippen LogP contribution is 2.20. The van der Waals surface area contributed by atoms with E-state index in [2.05, 4.69) is 13.8 Å². The molecule has 0 fully saturated rings. The van der Waals surface area contributed by atoms with E-state index in [0.29, 0.717) is 0 Å². The first-order valence-electron chi connectivity index (χ1n) is 10.3. The van der Waals surface area contributed by atoms with Gasteiger partial charge in [-0.25, -0.2) is 0 Å². The SMILES string of the molecule is CCCCCCCCCCC(CCCCCCCC)C(=O)OC. The van der Waals surface area contributed by atoms with Crippen LogP contribution in [0.2, 0.25) is 0 Å². The van der Waals surface area contributed by atoms with E-state index in [4.69, 9.17) is 4.74 Å². The molecule has 1 atom stereocenters.